The molecule has 14 nitrogen and oxygen atoms in total. The minimum Gasteiger partial charge on any atom is -0.477 e. The molecule has 0 bridgehead atoms. The van der Waals surface area contributed by atoms with Crippen molar-refractivity contribution >= 4 is 58.0 Å². The van der Waals surface area contributed by atoms with Gasteiger partial charge in [-0.15, -0.1) is 11.8 Å². The zero-order chi connectivity index (χ0) is 25.9. The lowest BCUT2D eigenvalue weighted by molar-refractivity contribution is -0.150. The first-order chi connectivity index (χ1) is 16.4. The Balaban J connectivity index is 1.65. The van der Waals surface area contributed by atoms with Crippen molar-refractivity contribution in [3.8, 4) is 0 Å². The Morgan fingerprint density at radius 1 is 1.34 bits per heavy atom. The molecule has 2 aliphatic heterocycles. The van der Waals surface area contributed by atoms with Crippen LogP contribution in [0.3, 0.4) is 0 Å². The molecular formula is C19H25N7O7S2. The number of amides is 3. The van der Waals surface area contributed by atoms with Gasteiger partial charge in [0.2, 0.25) is 11.5 Å². The summed E-state index contributed by atoms with van der Waals surface area (Å²) in [6, 6.07) is -0.979. The lowest BCUT2D eigenvalue weighted by Crippen LogP contribution is -2.71. The Morgan fingerprint density at radius 3 is 2.66 bits per heavy atom. The van der Waals surface area contributed by atoms with Crippen molar-refractivity contribution in [1.82, 2.24) is 24.9 Å². The number of carboxylic acid groups (broad SMARTS) is 1. The molecule has 1 saturated heterocycles. The molecule has 3 amide bonds. The average Bonchev–Trinajstić information content (AvgIpc) is 3.18. The summed E-state index contributed by atoms with van der Waals surface area (Å²) in [6.07, 6.45) is 0.840. The van der Waals surface area contributed by atoms with Crippen LogP contribution in [0.4, 0.5) is 9.93 Å². The molecule has 3 rings (SSSR count). The van der Waals surface area contributed by atoms with Crippen LogP contribution in [0.2, 0.25) is 0 Å². The summed E-state index contributed by atoms with van der Waals surface area (Å²) in [5.41, 5.74) is 4.50. The van der Waals surface area contributed by atoms with E-state index in [1.807, 2.05) is 0 Å². The fourth-order valence-corrected chi connectivity index (χ4v) is 4.84. The van der Waals surface area contributed by atoms with E-state index in [1.54, 1.807) is 27.7 Å². The minimum atomic E-state index is -1.22. The second-order valence-electron chi connectivity index (χ2n) is 8.41. The zero-order valence-corrected chi connectivity index (χ0v) is 20.9. The van der Waals surface area contributed by atoms with Crippen molar-refractivity contribution in [3.05, 3.63) is 17.6 Å². The molecule has 5 N–H and O–H groups in total. The van der Waals surface area contributed by atoms with Crippen LogP contribution in [0.25, 0.3) is 0 Å². The predicted molar refractivity (Wildman–Crippen MR) is 126 cm³/mol. The second kappa shape index (κ2) is 10.5. The summed E-state index contributed by atoms with van der Waals surface area (Å²) in [6.45, 7) is 6.90. The summed E-state index contributed by atoms with van der Waals surface area (Å²) in [7, 11) is 0. The van der Waals surface area contributed by atoms with E-state index in [9.17, 15) is 24.3 Å². The molecular weight excluding hydrogens is 502 g/mol. The molecule has 0 saturated carbocycles. The van der Waals surface area contributed by atoms with E-state index < -0.39 is 40.9 Å². The highest BCUT2D eigenvalue weighted by molar-refractivity contribution is 8.00. The van der Waals surface area contributed by atoms with Crippen LogP contribution in [-0.2, 0) is 24.0 Å². The number of oxime groups is 1. The number of nitrogens with one attached hydrogen (secondary N) is 2. The number of rotatable bonds is 8. The van der Waals surface area contributed by atoms with Gasteiger partial charge in [0, 0.05) is 16.8 Å². The van der Waals surface area contributed by atoms with E-state index in [2.05, 4.69) is 25.1 Å². The molecule has 1 aromatic heterocycles. The van der Waals surface area contributed by atoms with Gasteiger partial charge in [-0.1, -0.05) is 5.16 Å². The number of alkyl carbamates (subject to hydrolysis) is 1. The molecule has 1 aromatic rings. The standard InChI is InChI=1S/C19H25N7O7S2/c1-8-7-9(16(29)30)26-14(28)11(15(26)34-8)22-13(27)10(12-23-17(20)35-25-12)24-32-6-5-21-18(31)33-19(2,3)4/h7-8,11,15H,5-6H2,1-4H3,(H,21,31)(H,22,27)(H,29,30)(H2,20,23,25)/b24-10-/t8?,11?,15-/m1/s1. The van der Waals surface area contributed by atoms with E-state index in [0.29, 0.717) is 0 Å². The Hall–Kier alpha value is -3.40. The van der Waals surface area contributed by atoms with Crippen LogP contribution < -0.4 is 16.4 Å². The third-order valence-corrected chi connectivity index (χ3v) is 6.31. The van der Waals surface area contributed by atoms with E-state index >= 15 is 0 Å². The van der Waals surface area contributed by atoms with Crippen molar-refractivity contribution < 1.29 is 33.9 Å². The molecule has 0 aromatic carbocycles. The maximum absolute atomic E-state index is 13.0. The lowest BCUT2D eigenvalue weighted by atomic mass is 10.0. The van der Waals surface area contributed by atoms with Crippen LogP contribution in [0.15, 0.2) is 16.9 Å². The minimum absolute atomic E-state index is 0.0386. The predicted octanol–water partition coefficient (Wildman–Crippen LogP) is 0.123. The molecule has 0 spiro atoms. The van der Waals surface area contributed by atoms with Crippen molar-refractivity contribution in [3.63, 3.8) is 0 Å². The summed E-state index contributed by atoms with van der Waals surface area (Å²) in [5, 5.41) is 17.5. The largest absolute Gasteiger partial charge is 0.477 e. The zero-order valence-electron chi connectivity index (χ0n) is 19.3. The average molecular weight is 528 g/mol. The van der Waals surface area contributed by atoms with Crippen molar-refractivity contribution in [2.24, 2.45) is 5.16 Å². The SMILES string of the molecule is CC1C=C(C(=O)O)N2C(=O)C(NC(=O)/C(=N\OCCNC(=O)OC(C)(C)C)c3nsc(N)n3)[C@H]2S1. The van der Waals surface area contributed by atoms with Gasteiger partial charge in [0.15, 0.2) is 5.13 Å². The molecule has 3 heterocycles. The van der Waals surface area contributed by atoms with Crippen LogP contribution in [0.1, 0.15) is 33.5 Å². The number of hydrogen-bond acceptors (Lipinski definition) is 12. The molecule has 3 atom stereocenters. The first-order valence-corrected chi connectivity index (χ1v) is 12.1. The number of anilines is 1. The van der Waals surface area contributed by atoms with Gasteiger partial charge in [0.25, 0.3) is 11.8 Å². The molecule has 190 valence electrons. The Morgan fingerprint density at radius 2 is 2.06 bits per heavy atom. The monoisotopic (exact) mass is 527 g/mol. The van der Waals surface area contributed by atoms with E-state index in [-0.39, 0.29) is 40.8 Å². The van der Waals surface area contributed by atoms with Gasteiger partial charge in [-0.05, 0) is 33.8 Å². The van der Waals surface area contributed by atoms with Crippen LogP contribution >= 0.6 is 23.3 Å². The van der Waals surface area contributed by atoms with Crippen LogP contribution in [-0.4, -0.2) is 84.4 Å². The number of carboxylic acids is 1. The fourth-order valence-electron chi connectivity index (χ4n) is 3.08. The van der Waals surface area contributed by atoms with Crippen LogP contribution in [0.5, 0.6) is 0 Å². The topological polar surface area (TPSA) is 198 Å². The molecule has 35 heavy (non-hydrogen) atoms. The maximum Gasteiger partial charge on any atom is 0.407 e. The van der Waals surface area contributed by atoms with Gasteiger partial charge >= 0.3 is 12.1 Å². The molecule has 1 fully saturated rings. The maximum atomic E-state index is 13.0. The number of β-lactam (4-membered cyclic amide) rings is 1. The molecule has 16 heteroatoms. The molecule has 2 unspecified atom stereocenters. The smallest absolute Gasteiger partial charge is 0.407 e. The third-order valence-electron chi connectivity index (χ3n) is 4.44. The first kappa shape index (κ1) is 26.2. The number of carbonyl (C=O) groups is 4. The van der Waals surface area contributed by atoms with Gasteiger partial charge in [-0.3, -0.25) is 14.5 Å². The van der Waals surface area contributed by atoms with E-state index in [4.69, 9.17) is 15.3 Å². The number of ether oxygens (including phenoxy) is 1. The third kappa shape index (κ3) is 6.39. The summed E-state index contributed by atoms with van der Waals surface area (Å²) < 4.78 is 9.07. The Labute approximate surface area is 208 Å². The first-order valence-electron chi connectivity index (χ1n) is 10.4. The second-order valence-corrected chi connectivity index (χ2v) is 10.7. The number of carbonyl (C=O) groups excluding carboxylic acids is 3. The Bertz CT molecular complexity index is 1080. The van der Waals surface area contributed by atoms with Crippen molar-refractivity contribution in [1.29, 1.82) is 0 Å². The highest BCUT2D eigenvalue weighted by Gasteiger charge is 2.54. The lowest BCUT2D eigenvalue weighted by Gasteiger charge is -2.49. The number of nitrogen functional groups attached to an aromatic ring is 1. The summed E-state index contributed by atoms with van der Waals surface area (Å²) >= 11 is 2.17. The number of aliphatic carboxylic acids is 1. The highest BCUT2D eigenvalue weighted by atomic mass is 32.2. The van der Waals surface area contributed by atoms with E-state index in [1.165, 1.54) is 17.8 Å². The molecule has 0 aliphatic carbocycles. The highest BCUT2D eigenvalue weighted by Crippen LogP contribution is 2.40. The summed E-state index contributed by atoms with van der Waals surface area (Å²) in [5.74, 6) is -2.70. The summed E-state index contributed by atoms with van der Waals surface area (Å²) in [4.78, 5) is 58.9. The van der Waals surface area contributed by atoms with Gasteiger partial charge in [-0.25, -0.2) is 9.59 Å². The number of nitrogens with zero attached hydrogens (tertiary/aromatic N) is 4. The van der Waals surface area contributed by atoms with Gasteiger partial charge < -0.3 is 31.0 Å². The Kier molecular flexibility index (Phi) is 7.84. The van der Waals surface area contributed by atoms with Gasteiger partial charge in [0.05, 0.1) is 6.54 Å². The number of fused-ring (bicyclic) bond motifs is 1. The van der Waals surface area contributed by atoms with Crippen LogP contribution in [0, 0.1) is 0 Å². The fraction of sp³-hybridized carbons (Fsp3) is 0.526. The number of hydrogen-bond donors (Lipinski definition) is 4. The van der Waals surface area contributed by atoms with E-state index in [0.717, 1.165) is 16.4 Å². The normalized spacial score (nSPS) is 21.9. The van der Waals surface area contributed by atoms with Crippen molar-refractivity contribution in [2.45, 2.75) is 50.0 Å². The molecule has 0 radical (unpaired) electrons. The number of aromatic nitrogens is 2. The van der Waals surface area contributed by atoms with Gasteiger partial charge in [-0.2, -0.15) is 9.36 Å². The molecule has 2 aliphatic rings. The quantitative estimate of drug-likeness (QED) is 0.155. The van der Waals surface area contributed by atoms with Crippen molar-refractivity contribution in [2.75, 3.05) is 18.9 Å². The van der Waals surface area contributed by atoms with Gasteiger partial charge in [0.1, 0.15) is 29.3 Å². The number of nitrogens with two attached hydrogens (primary N) is 1. The number of thioether (sulfide) groups is 1.